The standard InChI is InChI=1S/C31H35N5O3.ClH/c37-28(24-12-2-1-3-13-24)20-32-17-7-6-10-23-11-9-19-35(21-23)22-29(38)36-27-16-5-4-14-25(27)31(39)34-26-15-8-18-33-30(26)36;/h1-5,8,12-16,18,23,32H,6-7,9-11,17,19-22H2,(H,34,39);1H. The number of fused-ring (bicyclic) bond motifs is 2. The van der Waals surface area contributed by atoms with Gasteiger partial charge in [-0.2, -0.15) is 0 Å². The minimum absolute atomic E-state index is 0. The van der Waals surface area contributed by atoms with E-state index in [1.165, 1.54) is 6.42 Å². The molecule has 3 heterocycles. The molecule has 1 aromatic heterocycles. The van der Waals surface area contributed by atoms with E-state index in [1.54, 1.807) is 41.4 Å². The molecule has 2 amide bonds. The highest BCUT2D eigenvalue weighted by molar-refractivity contribution is 6.17. The number of halogens is 1. The van der Waals surface area contributed by atoms with Crippen LogP contribution in [0.2, 0.25) is 0 Å². The van der Waals surface area contributed by atoms with E-state index in [0.29, 0.717) is 35.2 Å². The first kappa shape index (κ1) is 29.4. The lowest BCUT2D eigenvalue weighted by Gasteiger charge is -2.34. The number of unbranched alkanes of at least 4 members (excludes halogenated alkanes) is 1. The summed E-state index contributed by atoms with van der Waals surface area (Å²) in [7, 11) is 0. The van der Waals surface area contributed by atoms with Gasteiger partial charge < -0.3 is 10.6 Å². The van der Waals surface area contributed by atoms with Crippen molar-refractivity contribution in [2.75, 3.05) is 42.9 Å². The van der Waals surface area contributed by atoms with E-state index in [4.69, 9.17) is 0 Å². The molecule has 5 rings (SSSR count). The molecule has 0 spiro atoms. The van der Waals surface area contributed by atoms with E-state index < -0.39 is 0 Å². The van der Waals surface area contributed by atoms with Crippen LogP contribution in [0.5, 0.6) is 0 Å². The van der Waals surface area contributed by atoms with Gasteiger partial charge in [0.1, 0.15) is 0 Å². The van der Waals surface area contributed by atoms with E-state index in [1.807, 2.05) is 36.4 Å². The molecule has 0 bridgehead atoms. The summed E-state index contributed by atoms with van der Waals surface area (Å²) in [6.45, 7) is 3.22. The van der Waals surface area contributed by atoms with Crippen LogP contribution in [0, 0.1) is 5.92 Å². The zero-order chi connectivity index (χ0) is 27.0. The molecule has 1 saturated heterocycles. The van der Waals surface area contributed by atoms with Gasteiger partial charge in [-0.3, -0.25) is 24.2 Å². The average molecular weight is 562 g/mol. The number of hydrogen-bond donors (Lipinski definition) is 2. The summed E-state index contributed by atoms with van der Waals surface area (Å²) < 4.78 is 0. The molecule has 1 atom stereocenters. The molecular weight excluding hydrogens is 526 g/mol. The van der Waals surface area contributed by atoms with Crippen LogP contribution in [0.25, 0.3) is 0 Å². The number of amides is 2. The molecule has 1 unspecified atom stereocenters. The quantitative estimate of drug-likeness (QED) is 0.264. The van der Waals surface area contributed by atoms with Gasteiger partial charge in [-0.25, -0.2) is 4.98 Å². The van der Waals surface area contributed by atoms with Gasteiger partial charge in [0.25, 0.3) is 5.91 Å². The van der Waals surface area contributed by atoms with Gasteiger partial charge in [0, 0.05) is 18.3 Å². The Morgan fingerprint density at radius 2 is 1.80 bits per heavy atom. The molecule has 1 fully saturated rings. The number of nitrogens with one attached hydrogen (secondary N) is 2. The van der Waals surface area contributed by atoms with Crippen LogP contribution in [0.3, 0.4) is 0 Å². The van der Waals surface area contributed by atoms with Crippen molar-refractivity contribution < 1.29 is 14.4 Å². The predicted octanol–water partition coefficient (Wildman–Crippen LogP) is 5.09. The lowest BCUT2D eigenvalue weighted by atomic mass is 9.92. The van der Waals surface area contributed by atoms with Crippen molar-refractivity contribution in [1.82, 2.24) is 15.2 Å². The molecule has 2 aliphatic heterocycles. The van der Waals surface area contributed by atoms with Gasteiger partial charge in [-0.05, 0) is 69.0 Å². The number of likely N-dealkylation sites (tertiary alicyclic amines) is 1. The van der Waals surface area contributed by atoms with Gasteiger partial charge in [0.05, 0.1) is 30.0 Å². The molecule has 9 heteroatoms. The highest BCUT2D eigenvalue weighted by Gasteiger charge is 2.32. The second kappa shape index (κ2) is 14.2. The van der Waals surface area contributed by atoms with E-state index >= 15 is 0 Å². The van der Waals surface area contributed by atoms with Gasteiger partial charge >= 0.3 is 0 Å². The first-order valence-corrected chi connectivity index (χ1v) is 13.8. The summed E-state index contributed by atoms with van der Waals surface area (Å²) in [5.74, 6) is 0.780. The normalized spacial score (nSPS) is 16.6. The number of aromatic nitrogens is 1. The summed E-state index contributed by atoms with van der Waals surface area (Å²) in [6, 6.07) is 20.1. The van der Waals surface area contributed by atoms with Crippen LogP contribution in [0.1, 0.15) is 52.8 Å². The van der Waals surface area contributed by atoms with Crippen molar-refractivity contribution in [2.45, 2.75) is 32.1 Å². The Kier molecular flexibility index (Phi) is 10.4. The third-order valence-electron chi connectivity index (χ3n) is 7.44. The maximum absolute atomic E-state index is 13.7. The van der Waals surface area contributed by atoms with Crippen LogP contribution >= 0.6 is 12.4 Å². The van der Waals surface area contributed by atoms with Gasteiger partial charge in [0.15, 0.2) is 11.6 Å². The summed E-state index contributed by atoms with van der Waals surface area (Å²) in [5, 5.41) is 6.17. The Bertz CT molecular complexity index is 1320. The van der Waals surface area contributed by atoms with Gasteiger partial charge in [-0.1, -0.05) is 48.9 Å². The van der Waals surface area contributed by atoms with E-state index in [-0.39, 0.29) is 36.5 Å². The van der Waals surface area contributed by atoms with Crippen molar-refractivity contribution in [2.24, 2.45) is 5.92 Å². The molecule has 0 aliphatic carbocycles. The van der Waals surface area contributed by atoms with Crippen molar-refractivity contribution >= 4 is 47.2 Å². The van der Waals surface area contributed by atoms with E-state index in [2.05, 4.69) is 20.5 Å². The number of rotatable bonds is 10. The number of ketones is 1. The van der Waals surface area contributed by atoms with Crippen LogP contribution in [0.4, 0.5) is 17.2 Å². The van der Waals surface area contributed by atoms with Crippen LogP contribution in [-0.4, -0.2) is 60.2 Å². The lowest BCUT2D eigenvalue weighted by molar-refractivity contribution is -0.119. The number of nitrogens with zero attached hydrogens (tertiary/aromatic N) is 3. The third-order valence-corrected chi connectivity index (χ3v) is 7.44. The van der Waals surface area contributed by atoms with E-state index in [0.717, 1.165) is 50.9 Å². The lowest BCUT2D eigenvalue weighted by Crippen LogP contribution is -2.43. The van der Waals surface area contributed by atoms with Crippen LogP contribution < -0.4 is 15.5 Å². The minimum atomic E-state index is -0.243. The zero-order valence-electron chi connectivity index (χ0n) is 22.6. The van der Waals surface area contributed by atoms with Crippen LogP contribution in [0.15, 0.2) is 72.9 Å². The molecule has 40 heavy (non-hydrogen) atoms. The number of carbonyl (C=O) groups is 3. The molecule has 2 N–H and O–H groups in total. The largest absolute Gasteiger partial charge is 0.319 e. The number of benzene rings is 2. The van der Waals surface area contributed by atoms with Crippen molar-refractivity contribution in [3.05, 3.63) is 84.1 Å². The number of para-hydroxylation sites is 1. The maximum atomic E-state index is 13.7. The molecule has 0 saturated carbocycles. The Balaban J connectivity index is 0.00000370. The first-order chi connectivity index (χ1) is 19.1. The second-order valence-electron chi connectivity index (χ2n) is 10.3. The molecule has 210 valence electrons. The van der Waals surface area contributed by atoms with Crippen molar-refractivity contribution in [3.63, 3.8) is 0 Å². The Morgan fingerprint density at radius 1 is 1.00 bits per heavy atom. The maximum Gasteiger partial charge on any atom is 0.257 e. The third kappa shape index (κ3) is 7.13. The average Bonchev–Trinajstić information content (AvgIpc) is 3.09. The summed E-state index contributed by atoms with van der Waals surface area (Å²) >= 11 is 0. The van der Waals surface area contributed by atoms with Crippen molar-refractivity contribution in [3.8, 4) is 0 Å². The topological polar surface area (TPSA) is 94.6 Å². The monoisotopic (exact) mass is 561 g/mol. The SMILES string of the molecule is Cl.O=C(CNCCCCC1CCCN(CC(=O)N2c3ccccc3C(=O)Nc3cccnc32)C1)c1ccccc1. The number of pyridine rings is 1. The molecule has 2 aliphatic rings. The van der Waals surface area contributed by atoms with E-state index in [9.17, 15) is 14.4 Å². The van der Waals surface area contributed by atoms with Crippen LogP contribution in [-0.2, 0) is 4.79 Å². The number of piperidine rings is 1. The number of Topliss-reactive ketones (excluding diaryl/α,β-unsaturated/α-hetero) is 1. The summed E-state index contributed by atoms with van der Waals surface area (Å²) in [4.78, 5) is 47.0. The summed E-state index contributed by atoms with van der Waals surface area (Å²) in [6.07, 6.45) is 7.08. The molecule has 3 aromatic rings. The fourth-order valence-electron chi connectivity index (χ4n) is 5.49. The fraction of sp³-hybridized carbons (Fsp3) is 0.355. The highest BCUT2D eigenvalue weighted by atomic mass is 35.5. The minimum Gasteiger partial charge on any atom is -0.319 e. The van der Waals surface area contributed by atoms with Crippen molar-refractivity contribution in [1.29, 1.82) is 0 Å². The zero-order valence-corrected chi connectivity index (χ0v) is 23.4. The highest BCUT2D eigenvalue weighted by Crippen LogP contribution is 2.36. The smallest absolute Gasteiger partial charge is 0.257 e. The predicted molar refractivity (Wildman–Crippen MR) is 160 cm³/mol. The molecule has 2 aromatic carbocycles. The molecular formula is C31H36ClN5O3. The van der Waals surface area contributed by atoms with Gasteiger partial charge in [0.2, 0.25) is 5.91 Å². The van der Waals surface area contributed by atoms with Gasteiger partial charge in [-0.15, -0.1) is 12.4 Å². The number of carbonyl (C=O) groups excluding carboxylic acids is 3. The molecule has 0 radical (unpaired) electrons. The Morgan fingerprint density at radius 3 is 2.65 bits per heavy atom. The Labute approximate surface area is 241 Å². The second-order valence-corrected chi connectivity index (χ2v) is 10.3. The number of hydrogen-bond acceptors (Lipinski definition) is 6. The first-order valence-electron chi connectivity index (χ1n) is 13.8. The summed E-state index contributed by atoms with van der Waals surface area (Å²) in [5.41, 5.74) is 2.29. The molecule has 8 nitrogen and oxygen atoms in total. The number of anilines is 3. The Hall–Kier alpha value is -3.59. The fourth-order valence-corrected chi connectivity index (χ4v) is 5.49.